The van der Waals surface area contributed by atoms with E-state index in [0.29, 0.717) is 0 Å². The van der Waals surface area contributed by atoms with Crippen LogP contribution < -0.4 is 10.1 Å². The third-order valence-electron chi connectivity index (χ3n) is 4.03. The molecule has 22 heavy (non-hydrogen) atoms. The summed E-state index contributed by atoms with van der Waals surface area (Å²) in [5, 5.41) is 2.80. The van der Waals surface area contributed by atoms with Gasteiger partial charge in [-0.2, -0.15) is 0 Å². The lowest BCUT2D eigenvalue weighted by Gasteiger charge is -2.35. The second-order valence-electron chi connectivity index (χ2n) is 7.46. The fraction of sp³-hybridized carbons (Fsp3) is 0.611. The summed E-state index contributed by atoms with van der Waals surface area (Å²) in [6, 6.07) is 8.43. The van der Waals surface area contributed by atoms with Gasteiger partial charge in [0.25, 0.3) is 0 Å². The van der Waals surface area contributed by atoms with Crippen molar-refractivity contribution in [2.24, 2.45) is 0 Å². The van der Waals surface area contributed by atoms with Crippen LogP contribution in [0, 0.1) is 0 Å². The monoisotopic (exact) mass is 303 g/mol. The highest BCUT2D eigenvalue weighted by molar-refractivity contribution is 5.68. The van der Waals surface area contributed by atoms with Crippen LogP contribution in [0.15, 0.2) is 24.3 Å². The van der Waals surface area contributed by atoms with Gasteiger partial charge in [0, 0.05) is 18.4 Å². The number of amides is 1. The molecule has 3 rings (SSSR count). The van der Waals surface area contributed by atoms with Gasteiger partial charge in [0.2, 0.25) is 0 Å². The zero-order valence-corrected chi connectivity index (χ0v) is 13.6. The van der Waals surface area contributed by atoms with Crippen LogP contribution in [0.3, 0.4) is 0 Å². The summed E-state index contributed by atoms with van der Waals surface area (Å²) in [6.45, 7) is 5.81. The lowest BCUT2D eigenvalue weighted by molar-refractivity contribution is -0.0243. The van der Waals surface area contributed by atoms with E-state index in [4.69, 9.17) is 9.47 Å². The number of alkyl carbamates (subject to hydrolysis) is 1. The average Bonchev–Trinajstić information content (AvgIpc) is 3.19. The summed E-state index contributed by atoms with van der Waals surface area (Å²) in [4.78, 5) is 11.7. The molecule has 1 aromatic rings. The van der Waals surface area contributed by atoms with E-state index in [2.05, 4.69) is 17.4 Å². The van der Waals surface area contributed by atoms with Gasteiger partial charge in [-0.3, -0.25) is 0 Å². The highest BCUT2D eigenvalue weighted by atomic mass is 16.6. The Kier molecular flexibility index (Phi) is 4.02. The maximum absolute atomic E-state index is 11.7. The summed E-state index contributed by atoms with van der Waals surface area (Å²) in [5.74, 6) is 1.68. The van der Waals surface area contributed by atoms with Crippen LogP contribution in [0.25, 0.3) is 0 Å². The first-order valence-corrected chi connectivity index (χ1v) is 8.14. The molecule has 1 amide bonds. The molecule has 2 fully saturated rings. The SMILES string of the molecule is CC(C)(C)NC(=O)OC1CC(Oc2ccc(C3CC3)cc2)C1. The number of carbonyl (C=O) groups is 1. The number of rotatable bonds is 4. The Morgan fingerprint density at radius 1 is 1.09 bits per heavy atom. The first kappa shape index (κ1) is 15.2. The number of benzene rings is 1. The molecule has 0 bridgehead atoms. The van der Waals surface area contributed by atoms with Crippen molar-refractivity contribution in [1.29, 1.82) is 0 Å². The smallest absolute Gasteiger partial charge is 0.407 e. The van der Waals surface area contributed by atoms with Crippen LogP contribution in [0.2, 0.25) is 0 Å². The molecular weight excluding hydrogens is 278 g/mol. The minimum Gasteiger partial charge on any atom is -0.490 e. The zero-order chi connectivity index (χ0) is 15.7. The molecule has 1 N–H and O–H groups in total. The molecule has 120 valence electrons. The van der Waals surface area contributed by atoms with Crippen molar-refractivity contribution in [3.63, 3.8) is 0 Å². The second-order valence-corrected chi connectivity index (χ2v) is 7.46. The van der Waals surface area contributed by atoms with Gasteiger partial charge in [-0.1, -0.05) is 12.1 Å². The molecule has 4 heteroatoms. The minimum absolute atomic E-state index is 0.0295. The van der Waals surface area contributed by atoms with Crippen molar-refractivity contribution in [3.8, 4) is 5.75 Å². The summed E-state index contributed by atoms with van der Waals surface area (Å²) in [6.07, 6.45) is 3.95. The molecule has 2 aliphatic rings. The number of carbonyl (C=O) groups excluding carboxylic acids is 1. The van der Waals surface area contributed by atoms with Crippen molar-refractivity contribution in [2.45, 2.75) is 70.1 Å². The first-order chi connectivity index (χ1) is 10.4. The van der Waals surface area contributed by atoms with Gasteiger partial charge in [0.15, 0.2) is 0 Å². The molecule has 0 unspecified atom stereocenters. The Morgan fingerprint density at radius 3 is 2.27 bits per heavy atom. The van der Waals surface area contributed by atoms with E-state index in [-0.39, 0.29) is 23.8 Å². The number of ether oxygens (including phenoxy) is 2. The van der Waals surface area contributed by atoms with Crippen molar-refractivity contribution in [2.75, 3.05) is 0 Å². The molecule has 0 atom stereocenters. The topological polar surface area (TPSA) is 47.6 Å². The van der Waals surface area contributed by atoms with E-state index in [1.807, 2.05) is 32.9 Å². The number of hydrogen-bond acceptors (Lipinski definition) is 3. The van der Waals surface area contributed by atoms with Crippen molar-refractivity contribution >= 4 is 6.09 Å². The fourth-order valence-corrected chi connectivity index (χ4v) is 2.62. The standard InChI is InChI=1S/C18H25NO3/c1-18(2,3)19-17(20)22-16-10-15(11-16)21-14-8-6-13(7-9-14)12-4-5-12/h6-9,12,15-16H,4-5,10-11H2,1-3H3,(H,19,20). The van der Waals surface area contributed by atoms with Crippen molar-refractivity contribution in [3.05, 3.63) is 29.8 Å². The van der Waals surface area contributed by atoms with Crippen LogP contribution in [0.1, 0.15) is 57.9 Å². The lowest BCUT2D eigenvalue weighted by Crippen LogP contribution is -2.46. The van der Waals surface area contributed by atoms with Crippen LogP contribution in [-0.4, -0.2) is 23.8 Å². The molecule has 0 aromatic heterocycles. The van der Waals surface area contributed by atoms with E-state index < -0.39 is 0 Å². The Hall–Kier alpha value is -1.71. The molecular formula is C18H25NO3. The van der Waals surface area contributed by atoms with Gasteiger partial charge in [0.05, 0.1) is 0 Å². The van der Waals surface area contributed by atoms with Gasteiger partial charge in [0.1, 0.15) is 18.0 Å². The molecule has 0 radical (unpaired) electrons. The van der Waals surface area contributed by atoms with Crippen LogP contribution in [0.4, 0.5) is 4.79 Å². The molecule has 4 nitrogen and oxygen atoms in total. The molecule has 0 heterocycles. The number of hydrogen-bond donors (Lipinski definition) is 1. The van der Waals surface area contributed by atoms with Crippen LogP contribution in [-0.2, 0) is 4.74 Å². The minimum atomic E-state index is -0.343. The van der Waals surface area contributed by atoms with E-state index >= 15 is 0 Å². The third-order valence-corrected chi connectivity index (χ3v) is 4.03. The fourth-order valence-electron chi connectivity index (χ4n) is 2.62. The molecule has 1 aromatic carbocycles. The van der Waals surface area contributed by atoms with E-state index in [9.17, 15) is 4.79 Å². The van der Waals surface area contributed by atoms with Gasteiger partial charge >= 0.3 is 6.09 Å². The van der Waals surface area contributed by atoms with Gasteiger partial charge in [-0.15, -0.1) is 0 Å². The Labute approximate surface area is 132 Å². The van der Waals surface area contributed by atoms with E-state index in [1.54, 1.807) is 0 Å². The normalized spacial score (nSPS) is 24.3. The van der Waals surface area contributed by atoms with Crippen LogP contribution in [0.5, 0.6) is 5.75 Å². The van der Waals surface area contributed by atoms with Gasteiger partial charge in [-0.05, 0) is 57.2 Å². The Morgan fingerprint density at radius 2 is 1.73 bits per heavy atom. The second kappa shape index (κ2) is 5.82. The largest absolute Gasteiger partial charge is 0.490 e. The van der Waals surface area contributed by atoms with Crippen molar-refractivity contribution in [1.82, 2.24) is 5.32 Å². The highest BCUT2D eigenvalue weighted by Crippen LogP contribution is 2.40. The van der Waals surface area contributed by atoms with Gasteiger partial charge < -0.3 is 14.8 Å². The van der Waals surface area contributed by atoms with Crippen molar-refractivity contribution < 1.29 is 14.3 Å². The maximum Gasteiger partial charge on any atom is 0.407 e. The maximum atomic E-state index is 11.7. The predicted molar refractivity (Wildman–Crippen MR) is 85.2 cm³/mol. The average molecular weight is 303 g/mol. The third kappa shape index (κ3) is 4.15. The van der Waals surface area contributed by atoms with Gasteiger partial charge in [-0.25, -0.2) is 4.79 Å². The quantitative estimate of drug-likeness (QED) is 0.914. The summed E-state index contributed by atoms with van der Waals surface area (Å²) >= 11 is 0. The summed E-state index contributed by atoms with van der Waals surface area (Å²) < 4.78 is 11.3. The van der Waals surface area contributed by atoms with Crippen LogP contribution >= 0.6 is 0 Å². The lowest BCUT2D eigenvalue weighted by atomic mass is 9.92. The summed E-state index contributed by atoms with van der Waals surface area (Å²) in [5.41, 5.74) is 1.15. The molecule has 2 saturated carbocycles. The van der Waals surface area contributed by atoms with E-state index in [0.717, 1.165) is 24.5 Å². The number of nitrogens with one attached hydrogen (secondary N) is 1. The first-order valence-electron chi connectivity index (χ1n) is 8.14. The van der Waals surface area contributed by atoms with E-state index in [1.165, 1.54) is 18.4 Å². The summed E-state index contributed by atoms with van der Waals surface area (Å²) in [7, 11) is 0. The highest BCUT2D eigenvalue weighted by Gasteiger charge is 2.34. The molecule has 0 saturated heterocycles. The molecule has 0 aliphatic heterocycles. The Balaban J connectivity index is 1.39. The molecule has 0 spiro atoms. The predicted octanol–water partition coefficient (Wildman–Crippen LogP) is 4.00. The zero-order valence-electron chi connectivity index (χ0n) is 13.6. The molecule has 2 aliphatic carbocycles. The Bertz CT molecular complexity index is 522.